The molecule has 0 radical (unpaired) electrons. The molecule has 0 aliphatic carbocycles. The van der Waals surface area contributed by atoms with Crippen LogP contribution in [-0.2, 0) is 21.3 Å². The Morgan fingerprint density at radius 1 is 1.43 bits per heavy atom. The van der Waals surface area contributed by atoms with Crippen LogP contribution in [0.3, 0.4) is 0 Å². The largest absolute Gasteiger partial charge is 0.183 e. The second kappa shape index (κ2) is 5.44. The van der Waals surface area contributed by atoms with Crippen LogP contribution in [0.2, 0.25) is 0 Å². The van der Waals surface area contributed by atoms with Gasteiger partial charge in [-0.1, -0.05) is 4.47 Å². The van der Waals surface area contributed by atoms with Crippen molar-refractivity contribution in [3.8, 4) is 0 Å². The first-order valence-corrected chi connectivity index (χ1v) is 2.87. The Morgan fingerprint density at radius 2 is 2.14 bits per heavy atom. The van der Waals surface area contributed by atoms with E-state index >= 15 is 0 Å². The molecule has 7 heteroatoms. The van der Waals surface area contributed by atoms with Crippen LogP contribution in [0.25, 0.3) is 0 Å². The smallest absolute Gasteiger partial charge is 0.0575 e. The van der Waals surface area contributed by atoms with Gasteiger partial charge in [-0.3, -0.25) is 0 Å². The molecule has 0 spiro atoms. The van der Waals surface area contributed by atoms with E-state index in [-0.39, 0.29) is 0 Å². The Bertz CT molecular complexity index is 118. The van der Waals surface area contributed by atoms with Gasteiger partial charge >= 0.3 is 0 Å². The van der Waals surface area contributed by atoms with E-state index in [9.17, 15) is 0 Å². The van der Waals surface area contributed by atoms with Crippen LogP contribution in [0.1, 0.15) is 0 Å². The van der Waals surface area contributed by atoms with E-state index in [1.807, 2.05) is 0 Å². The summed E-state index contributed by atoms with van der Waals surface area (Å²) >= 11 is 4.26. The Labute approximate surface area is 47.7 Å². The molecule has 5 nitrogen and oxygen atoms in total. The second-order valence-corrected chi connectivity index (χ2v) is 1.19. The summed E-state index contributed by atoms with van der Waals surface area (Å²) in [6.07, 6.45) is 0. The van der Waals surface area contributed by atoms with E-state index in [0.29, 0.717) is 0 Å². The maximum absolute atomic E-state index is 6.04. The van der Waals surface area contributed by atoms with E-state index in [1.54, 1.807) is 0 Å². The van der Waals surface area contributed by atoms with Gasteiger partial charge in [0.1, 0.15) is 0 Å². The maximum Gasteiger partial charge on any atom is 0.0575 e. The summed E-state index contributed by atoms with van der Waals surface area (Å²) < 4.78 is 3.14. The fourth-order valence-corrected chi connectivity index (χ4v) is 0.203. The van der Waals surface area contributed by atoms with Gasteiger partial charge in [-0.2, -0.15) is 5.53 Å². The number of rotatable bonds is 2. The summed E-state index contributed by atoms with van der Waals surface area (Å²) in [6, 6.07) is 0. The van der Waals surface area contributed by atoms with Crippen molar-refractivity contribution in [2.45, 2.75) is 0 Å². The lowest BCUT2D eigenvalue weighted by Crippen LogP contribution is -1.39. The van der Waals surface area contributed by atoms with Crippen molar-refractivity contribution in [3.63, 3.8) is 0 Å². The fraction of sp³-hybridized carbons (Fsp3) is 0. The highest BCUT2D eigenvalue weighted by molar-refractivity contribution is 8.12. The third-order valence-corrected chi connectivity index (χ3v) is 0.494. The summed E-state index contributed by atoms with van der Waals surface area (Å²) in [5.41, 5.74) is 6.04. The van der Waals surface area contributed by atoms with E-state index < -0.39 is 0 Å². The van der Waals surface area contributed by atoms with Gasteiger partial charge < -0.3 is 0 Å². The normalized spacial score (nSPS) is 8.57. The standard InChI is InChI=1S/HN5S2/c1-2-3-4-5-7-6/h1H/b2-1?,4-3+. The molecule has 0 amide bonds. The molecule has 7 heavy (non-hydrogen) atoms. The van der Waals surface area contributed by atoms with E-state index in [1.165, 1.54) is 0 Å². The first-order valence-electron chi connectivity index (χ1n) is 1.17. The molecule has 1 N–H and O–H groups in total. The van der Waals surface area contributed by atoms with Crippen LogP contribution >= 0.6 is 0 Å². The van der Waals surface area contributed by atoms with E-state index in [4.69, 9.17) is 5.53 Å². The number of hydrogen-bond donors (Lipinski definition) is 1. The van der Waals surface area contributed by atoms with E-state index in [0.717, 1.165) is 10.1 Å². The molecule has 0 rings (SSSR count). The van der Waals surface area contributed by atoms with Crippen molar-refractivity contribution in [1.29, 1.82) is 5.53 Å². The SMILES string of the molecule is N=N/N=N/N=S=S. The molecular weight excluding hydrogens is 134 g/mol. The molecule has 0 aromatic heterocycles. The van der Waals surface area contributed by atoms with Gasteiger partial charge in [0.15, 0.2) is 0 Å². The highest BCUT2D eigenvalue weighted by Gasteiger charge is 1.53. The van der Waals surface area contributed by atoms with E-state index in [2.05, 4.69) is 31.3 Å². The predicted molar refractivity (Wildman–Crippen MR) is 27.2 cm³/mol. The first kappa shape index (κ1) is 6.44. The zero-order chi connectivity index (χ0) is 5.54. The van der Waals surface area contributed by atoms with Gasteiger partial charge in [0, 0.05) is 11.2 Å². The highest BCUT2D eigenvalue weighted by atomic mass is 32.8. The molecular formula is HN5S2. The van der Waals surface area contributed by atoms with Gasteiger partial charge in [0.25, 0.3) is 0 Å². The lowest BCUT2D eigenvalue weighted by molar-refractivity contribution is 0.867. The number of hydrogen-bond acceptors (Lipinski definition) is 2. The minimum absolute atomic E-state index is 0.746. The predicted octanol–water partition coefficient (Wildman–Crippen LogP) is 1.03. The summed E-state index contributed by atoms with van der Waals surface area (Å²) in [4.78, 5) is 0. The van der Waals surface area contributed by atoms with Crippen LogP contribution in [0.5, 0.6) is 0 Å². The van der Waals surface area contributed by atoms with Crippen molar-refractivity contribution in [3.05, 3.63) is 0 Å². The van der Waals surface area contributed by atoms with Gasteiger partial charge in [0.05, 0.1) is 10.1 Å². The molecule has 0 fully saturated rings. The molecule has 0 atom stereocenters. The van der Waals surface area contributed by atoms with Gasteiger partial charge in [-0.15, -0.1) is 0 Å². The van der Waals surface area contributed by atoms with Crippen molar-refractivity contribution in [2.75, 3.05) is 0 Å². The Kier molecular flexibility index (Phi) is 5.00. The topological polar surface area (TPSA) is 73.3 Å². The minimum atomic E-state index is 0.746. The lowest BCUT2D eigenvalue weighted by Gasteiger charge is -1.57. The molecule has 0 saturated heterocycles. The van der Waals surface area contributed by atoms with Gasteiger partial charge in [-0.25, -0.2) is 0 Å². The molecule has 0 saturated carbocycles. The highest BCUT2D eigenvalue weighted by Crippen LogP contribution is 1.72. The fourth-order valence-electron chi connectivity index (χ4n) is 0.0512. The molecule has 0 aliphatic rings. The first-order chi connectivity index (χ1) is 3.41. The maximum atomic E-state index is 6.04. The zero-order valence-electron chi connectivity index (χ0n) is 3.11. The molecule has 0 heterocycles. The van der Waals surface area contributed by atoms with Crippen molar-refractivity contribution in [2.24, 2.45) is 20.1 Å². The Balaban J connectivity index is 3.47. The Hall–Kier alpha value is -0.560. The third-order valence-electron chi connectivity index (χ3n) is 0.155. The number of nitrogens with zero attached hydrogens (tertiary/aromatic N) is 4. The quantitative estimate of drug-likeness (QED) is 0.445. The third kappa shape index (κ3) is 5.44. The summed E-state index contributed by atoms with van der Waals surface area (Å²) in [7, 11) is 0.746. The molecule has 0 aromatic rings. The second-order valence-electron chi connectivity index (χ2n) is 0.435. The number of nitrogens with one attached hydrogen (secondary N) is 1. The van der Waals surface area contributed by atoms with Crippen LogP contribution in [0.15, 0.2) is 20.1 Å². The average Bonchev–Trinajstić information content (AvgIpc) is 1.69. The molecule has 38 valence electrons. The van der Waals surface area contributed by atoms with Crippen molar-refractivity contribution >= 4 is 21.3 Å². The monoisotopic (exact) mass is 135 g/mol. The zero-order valence-corrected chi connectivity index (χ0v) is 4.74. The molecule has 0 aromatic carbocycles. The average molecular weight is 135 g/mol. The summed E-state index contributed by atoms with van der Waals surface area (Å²) in [5, 5.41) is 8.32. The Morgan fingerprint density at radius 3 is 2.57 bits per heavy atom. The molecule has 0 bridgehead atoms. The van der Waals surface area contributed by atoms with Gasteiger partial charge in [0.2, 0.25) is 0 Å². The van der Waals surface area contributed by atoms with Crippen LogP contribution in [0.4, 0.5) is 0 Å². The lowest BCUT2D eigenvalue weighted by atomic mass is 12.5. The summed E-state index contributed by atoms with van der Waals surface area (Å²) in [5.74, 6) is 0. The van der Waals surface area contributed by atoms with Crippen molar-refractivity contribution in [1.82, 2.24) is 0 Å². The van der Waals surface area contributed by atoms with Crippen LogP contribution in [-0.4, -0.2) is 0 Å². The van der Waals surface area contributed by atoms with Crippen LogP contribution < -0.4 is 0 Å². The van der Waals surface area contributed by atoms with Crippen molar-refractivity contribution < 1.29 is 0 Å². The van der Waals surface area contributed by atoms with Gasteiger partial charge in [-0.05, 0) is 15.7 Å². The minimum Gasteiger partial charge on any atom is -0.183 e. The molecule has 0 aliphatic heterocycles. The van der Waals surface area contributed by atoms with Crippen LogP contribution in [0, 0.1) is 5.53 Å². The molecule has 0 unspecified atom stereocenters. The summed E-state index contributed by atoms with van der Waals surface area (Å²) in [6.45, 7) is 0.